The Bertz CT molecular complexity index is 474. The van der Waals surface area contributed by atoms with E-state index in [4.69, 9.17) is 22.4 Å². The molecule has 1 aromatic rings. The maximum atomic E-state index is 11.9. The summed E-state index contributed by atoms with van der Waals surface area (Å²) in [6.45, 7) is 3.42. The van der Waals surface area contributed by atoms with Crippen molar-refractivity contribution in [3.63, 3.8) is 0 Å². The molecule has 98 valence electrons. The molecular formula is C12H15ClN2O3. The molecule has 0 radical (unpaired) electrons. The van der Waals surface area contributed by atoms with Crippen LogP contribution in [0.1, 0.15) is 24.2 Å². The third-order valence-corrected chi connectivity index (χ3v) is 2.77. The summed E-state index contributed by atoms with van der Waals surface area (Å²) in [6.07, 6.45) is 0. The van der Waals surface area contributed by atoms with Gasteiger partial charge in [0.05, 0.1) is 10.6 Å². The molecule has 0 aliphatic heterocycles. The molecule has 1 aromatic carbocycles. The average molecular weight is 271 g/mol. The molecule has 4 N–H and O–H groups in total. The van der Waals surface area contributed by atoms with Crippen molar-refractivity contribution in [3.8, 4) is 0 Å². The number of carbonyl (C=O) groups excluding carboxylic acids is 1. The standard InChI is InChI=1S/C12H15ClN2O3/c1-6(2)10(12(17)18)15-11(16)8-4-3-7(14)5-9(8)13/h3-6,10H,14H2,1-2H3,(H,15,16)(H,17,18). The van der Waals surface area contributed by atoms with Gasteiger partial charge in [0.25, 0.3) is 5.91 Å². The van der Waals surface area contributed by atoms with Crippen molar-refractivity contribution in [2.24, 2.45) is 5.92 Å². The molecule has 0 fully saturated rings. The number of nitrogens with two attached hydrogens (primary N) is 1. The van der Waals surface area contributed by atoms with Crippen LogP contribution in [0.4, 0.5) is 5.69 Å². The van der Waals surface area contributed by atoms with E-state index >= 15 is 0 Å². The lowest BCUT2D eigenvalue weighted by molar-refractivity contribution is -0.140. The highest BCUT2D eigenvalue weighted by Gasteiger charge is 2.24. The Morgan fingerprint density at radius 2 is 2.00 bits per heavy atom. The predicted molar refractivity (Wildman–Crippen MR) is 69.6 cm³/mol. The fourth-order valence-electron chi connectivity index (χ4n) is 1.45. The van der Waals surface area contributed by atoms with Gasteiger partial charge in [0.15, 0.2) is 0 Å². The van der Waals surface area contributed by atoms with Gasteiger partial charge >= 0.3 is 5.97 Å². The van der Waals surface area contributed by atoms with Crippen LogP contribution >= 0.6 is 11.6 Å². The summed E-state index contributed by atoms with van der Waals surface area (Å²) in [7, 11) is 0. The number of rotatable bonds is 4. The molecule has 1 amide bonds. The minimum atomic E-state index is -1.08. The number of nitrogens with one attached hydrogen (secondary N) is 1. The SMILES string of the molecule is CC(C)C(NC(=O)c1ccc(N)cc1Cl)C(=O)O. The van der Waals surface area contributed by atoms with Crippen LogP contribution in [0.3, 0.4) is 0 Å². The number of carboxylic acids is 1. The number of halogens is 1. The lowest BCUT2D eigenvalue weighted by atomic mass is 10.0. The van der Waals surface area contributed by atoms with E-state index in [9.17, 15) is 9.59 Å². The Labute approximate surface area is 110 Å². The molecule has 0 bridgehead atoms. The first-order chi connectivity index (χ1) is 8.32. The molecule has 0 spiro atoms. The Morgan fingerprint density at radius 3 is 2.44 bits per heavy atom. The minimum Gasteiger partial charge on any atom is -0.480 e. The van der Waals surface area contributed by atoms with Gasteiger partial charge in [-0.2, -0.15) is 0 Å². The Kier molecular flexibility index (Phi) is 4.55. The van der Waals surface area contributed by atoms with Crippen LogP contribution in [0.25, 0.3) is 0 Å². The van der Waals surface area contributed by atoms with Gasteiger partial charge in [-0.1, -0.05) is 25.4 Å². The molecule has 0 aliphatic rings. The molecule has 5 nitrogen and oxygen atoms in total. The highest BCUT2D eigenvalue weighted by Crippen LogP contribution is 2.19. The van der Waals surface area contributed by atoms with Crippen LogP contribution < -0.4 is 11.1 Å². The van der Waals surface area contributed by atoms with Gasteiger partial charge in [0.2, 0.25) is 0 Å². The van der Waals surface area contributed by atoms with Crippen molar-refractivity contribution in [1.29, 1.82) is 0 Å². The summed E-state index contributed by atoms with van der Waals surface area (Å²) in [5.74, 6) is -1.83. The molecule has 0 aromatic heterocycles. The molecule has 0 heterocycles. The van der Waals surface area contributed by atoms with E-state index in [2.05, 4.69) is 5.32 Å². The van der Waals surface area contributed by atoms with Crippen LogP contribution in [0, 0.1) is 5.92 Å². The normalized spacial score (nSPS) is 12.2. The fourth-order valence-corrected chi connectivity index (χ4v) is 1.72. The molecule has 1 unspecified atom stereocenters. The van der Waals surface area contributed by atoms with E-state index in [0.29, 0.717) is 5.69 Å². The summed E-state index contributed by atoms with van der Waals surface area (Å²) < 4.78 is 0. The average Bonchev–Trinajstić information content (AvgIpc) is 2.24. The summed E-state index contributed by atoms with van der Waals surface area (Å²) in [4.78, 5) is 22.9. The molecule has 0 saturated carbocycles. The zero-order valence-electron chi connectivity index (χ0n) is 10.1. The second-order valence-corrected chi connectivity index (χ2v) is 4.68. The number of carboxylic acid groups (broad SMARTS) is 1. The van der Waals surface area contributed by atoms with E-state index in [0.717, 1.165) is 0 Å². The number of hydrogen-bond donors (Lipinski definition) is 3. The molecule has 1 atom stereocenters. The van der Waals surface area contributed by atoms with Gasteiger partial charge < -0.3 is 16.2 Å². The lowest BCUT2D eigenvalue weighted by Crippen LogP contribution is -2.44. The molecular weight excluding hydrogens is 256 g/mol. The van der Waals surface area contributed by atoms with Crippen LogP contribution in [-0.2, 0) is 4.79 Å². The Hall–Kier alpha value is -1.75. The van der Waals surface area contributed by atoms with E-state index in [1.807, 2.05) is 0 Å². The van der Waals surface area contributed by atoms with Crippen molar-refractivity contribution in [2.45, 2.75) is 19.9 Å². The van der Waals surface area contributed by atoms with Crippen molar-refractivity contribution in [3.05, 3.63) is 28.8 Å². The number of carbonyl (C=O) groups is 2. The summed E-state index contributed by atoms with van der Waals surface area (Å²) >= 11 is 5.88. The Balaban J connectivity index is 2.91. The summed E-state index contributed by atoms with van der Waals surface area (Å²) in [5.41, 5.74) is 6.16. The first kappa shape index (κ1) is 14.3. The van der Waals surface area contributed by atoms with Gasteiger partial charge in [-0.15, -0.1) is 0 Å². The van der Waals surface area contributed by atoms with E-state index in [1.165, 1.54) is 18.2 Å². The van der Waals surface area contributed by atoms with Crippen molar-refractivity contribution in [1.82, 2.24) is 5.32 Å². The van der Waals surface area contributed by atoms with Crippen LogP contribution in [0.15, 0.2) is 18.2 Å². The first-order valence-corrected chi connectivity index (χ1v) is 5.79. The quantitative estimate of drug-likeness (QED) is 0.727. The smallest absolute Gasteiger partial charge is 0.326 e. The molecule has 18 heavy (non-hydrogen) atoms. The van der Waals surface area contributed by atoms with Crippen molar-refractivity contribution >= 4 is 29.2 Å². The topological polar surface area (TPSA) is 92.4 Å². The predicted octanol–water partition coefficient (Wildman–Crippen LogP) is 1.76. The first-order valence-electron chi connectivity index (χ1n) is 5.41. The van der Waals surface area contributed by atoms with Gasteiger partial charge in [-0.05, 0) is 24.1 Å². The van der Waals surface area contributed by atoms with E-state index in [1.54, 1.807) is 13.8 Å². The second kappa shape index (κ2) is 5.73. The molecule has 0 saturated heterocycles. The van der Waals surface area contributed by atoms with E-state index in [-0.39, 0.29) is 16.5 Å². The summed E-state index contributed by atoms with van der Waals surface area (Å²) in [6, 6.07) is 3.49. The fraction of sp³-hybridized carbons (Fsp3) is 0.333. The Morgan fingerprint density at radius 1 is 1.39 bits per heavy atom. The third kappa shape index (κ3) is 3.37. The van der Waals surface area contributed by atoms with Gasteiger partial charge in [0, 0.05) is 5.69 Å². The number of anilines is 1. The van der Waals surface area contributed by atoms with Gasteiger partial charge in [0.1, 0.15) is 6.04 Å². The van der Waals surface area contributed by atoms with Crippen molar-refractivity contribution in [2.75, 3.05) is 5.73 Å². The third-order valence-electron chi connectivity index (χ3n) is 2.46. The zero-order valence-corrected chi connectivity index (χ0v) is 10.9. The van der Waals surface area contributed by atoms with Crippen LogP contribution in [0.2, 0.25) is 5.02 Å². The lowest BCUT2D eigenvalue weighted by Gasteiger charge is -2.18. The van der Waals surface area contributed by atoms with E-state index < -0.39 is 17.9 Å². The summed E-state index contributed by atoms with van der Waals surface area (Å²) in [5, 5.41) is 11.6. The number of amides is 1. The highest BCUT2D eigenvalue weighted by atomic mass is 35.5. The highest BCUT2D eigenvalue weighted by molar-refractivity contribution is 6.34. The largest absolute Gasteiger partial charge is 0.480 e. The maximum Gasteiger partial charge on any atom is 0.326 e. The van der Waals surface area contributed by atoms with Crippen LogP contribution in [-0.4, -0.2) is 23.0 Å². The molecule has 6 heteroatoms. The van der Waals surface area contributed by atoms with Gasteiger partial charge in [-0.3, -0.25) is 4.79 Å². The number of hydrogen-bond acceptors (Lipinski definition) is 3. The zero-order chi connectivity index (χ0) is 13.9. The second-order valence-electron chi connectivity index (χ2n) is 4.27. The molecule has 1 rings (SSSR count). The van der Waals surface area contributed by atoms with Crippen LogP contribution in [0.5, 0.6) is 0 Å². The minimum absolute atomic E-state index is 0.195. The van der Waals surface area contributed by atoms with Crippen molar-refractivity contribution < 1.29 is 14.7 Å². The monoisotopic (exact) mass is 270 g/mol. The molecule has 0 aliphatic carbocycles. The number of nitrogen functional groups attached to an aromatic ring is 1. The maximum absolute atomic E-state index is 11.9. The number of aliphatic carboxylic acids is 1. The number of benzene rings is 1. The van der Waals surface area contributed by atoms with Gasteiger partial charge in [-0.25, -0.2) is 4.79 Å².